The van der Waals surface area contributed by atoms with E-state index in [1.807, 2.05) is 0 Å². The van der Waals surface area contributed by atoms with Crippen molar-refractivity contribution in [1.29, 1.82) is 0 Å². The number of ether oxygens (including phenoxy) is 1. The molecule has 0 unspecified atom stereocenters. The molecule has 104 valence electrons. The van der Waals surface area contributed by atoms with Crippen LogP contribution < -0.4 is 15.8 Å². The maximum absolute atomic E-state index is 11.8. The summed E-state index contributed by atoms with van der Waals surface area (Å²) in [6.07, 6.45) is 0. The number of nitrogens with one attached hydrogen (secondary N) is 1. The smallest absolute Gasteiger partial charge is 0.262 e. The fourth-order valence-electron chi connectivity index (χ4n) is 1.54. The van der Waals surface area contributed by atoms with Gasteiger partial charge in [-0.25, -0.2) is 0 Å². The number of hydrogen-bond donors (Lipinski definition) is 2. The van der Waals surface area contributed by atoms with Crippen molar-refractivity contribution in [3.63, 3.8) is 0 Å². The fraction of sp³-hybridized carbons (Fsp3) is 0.0714. The van der Waals surface area contributed by atoms with E-state index in [0.29, 0.717) is 26.6 Å². The molecule has 0 aromatic heterocycles. The SMILES string of the molecule is Nc1ccccc1OCC(=O)Nc1cccc(Cl)c1Br. The van der Waals surface area contributed by atoms with E-state index in [1.165, 1.54) is 0 Å². The molecule has 4 nitrogen and oxygen atoms in total. The standard InChI is InChI=1S/C14H12BrClN2O2/c15-14-9(16)4-3-6-11(14)18-13(19)8-20-12-7-2-1-5-10(12)17/h1-7H,8,17H2,(H,18,19). The van der Waals surface area contributed by atoms with Crippen LogP contribution in [-0.4, -0.2) is 12.5 Å². The summed E-state index contributed by atoms with van der Waals surface area (Å²) in [5, 5.41) is 3.23. The van der Waals surface area contributed by atoms with Crippen molar-refractivity contribution in [3.8, 4) is 5.75 Å². The summed E-state index contributed by atoms with van der Waals surface area (Å²) < 4.78 is 5.99. The number of nitrogens with two attached hydrogens (primary N) is 1. The molecule has 2 aromatic carbocycles. The van der Waals surface area contributed by atoms with Crippen molar-refractivity contribution >= 4 is 44.8 Å². The van der Waals surface area contributed by atoms with Crippen molar-refractivity contribution in [2.24, 2.45) is 0 Å². The second kappa shape index (κ2) is 6.63. The van der Waals surface area contributed by atoms with Gasteiger partial charge in [-0.2, -0.15) is 0 Å². The molecule has 0 radical (unpaired) electrons. The number of nitrogen functional groups attached to an aromatic ring is 1. The van der Waals surface area contributed by atoms with Gasteiger partial charge in [0.05, 0.1) is 20.9 Å². The van der Waals surface area contributed by atoms with Gasteiger partial charge in [0.2, 0.25) is 0 Å². The molecule has 0 atom stereocenters. The number of amides is 1. The van der Waals surface area contributed by atoms with Crippen molar-refractivity contribution in [2.75, 3.05) is 17.7 Å². The molecule has 1 amide bonds. The molecule has 0 heterocycles. The highest BCUT2D eigenvalue weighted by Gasteiger charge is 2.09. The summed E-state index contributed by atoms with van der Waals surface area (Å²) in [6.45, 7) is -0.132. The number of carbonyl (C=O) groups excluding carboxylic acids is 1. The normalized spacial score (nSPS) is 10.1. The van der Waals surface area contributed by atoms with Crippen LogP contribution in [0.3, 0.4) is 0 Å². The predicted molar refractivity (Wildman–Crippen MR) is 84.1 cm³/mol. The van der Waals surface area contributed by atoms with Gasteiger partial charge in [-0.05, 0) is 40.2 Å². The van der Waals surface area contributed by atoms with Gasteiger partial charge in [-0.3, -0.25) is 4.79 Å². The molecule has 0 aliphatic rings. The van der Waals surface area contributed by atoms with Crippen LogP contribution in [0.15, 0.2) is 46.9 Å². The summed E-state index contributed by atoms with van der Waals surface area (Å²) in [7, 11) is 0. The lowest BCUT2D eigenvalue weighted by Crippen LogP contribution is -2.20. The molecule has 0 aliphatic heterocycles. The minimum absolute atomic E-state index is 0.132. The largest absolute Gasteiger partial charge is 0.482 e. The van der Waals surface area contributed by atoms with Crippen LogP contribution >= 0.6 is 27.5 Å². The van der Waals surface area contributed by atoms with E-state index >= 15 is 0 Å². The Bertz CT molecular complexity index is 634. The van der Waals surface area contributed by atoms with Crippen LogP contribution in [0.5, 0.6) is 5.75 Å². The van der Waals surface area contributed by atoms with Crippen molar-refractivity contribution in [3.05, 3.63) is 52.0 Å². The molecular weight excluding hydrogens is 344 g/mol. The molecule has 0 saturated carbocycles. The summed E-state index contributed by atoms with van der Waals surface area (Å²) in [5.74, 6) is 0.184. The van der Waals surface area contributed by atoms with Crippen LogP contribution in [0, 0.1) is 0 Å². The average Bonchev–Trinajstić information content (AvgIpc) is 2.43. The first kappa shape index (κ1) is 14.7. The second-order valence-electron chi connectivity index (χ2n) is 3.98. The van der Waals surface area contributed by atoms with E-state index in [2.05, 4.69) is 21.2 Å². The number of hydrogen-bond acceptors (Lipinski definition) is 3. The Kier molecular flexibility index (Phi) is 4.87. The lowest BCUT2D eigenvalue weighted by Gasteiger charge is -2.10. The lowest BCUT2D eigenvalue weighted by molar-refractivity contribution is -0.118. The molecule has 0 aliphatic carbocycles. The van der Waals surface area contributed by atoms with Gasteiger partial charge in [-0.1, -0.05) is 29.8 Å². The summed E-state index contributed by atoms with van der Waals surface area (Å²) in [5.41, 5.74) is 6.80. The molecule has 0 saturated heterocycles. The number of carbonyl (C=O) groups is 1. The van der Waals surface area contributed by atoms with Crippen molar-refractivity contribution in [1.82, 2.24) is 0 Å². The Labute approximate surface area is 130 Å². The van der Waals surface area contributed by atoms with E-state index in [0.717, 1.165) is 0 Å². The number of rotatable bonds is 4. The molecule has 20 heavy (non-hydrogen) atoms. The second-order valence-corrected chi connectivity index (χ2v) is 5.18. The Balaban J connectivity index is 1.96. The van der Waals surface area contributed by atoms with Crippen LogP contribution in [0.25, 0.3) is 0 Å². The van der Waals surface area contributed by atoms with E-state index in [-0.39, 0.29) is 12.5 Å². The van der Waals surface area contributed by atoms with E-state index in [4.69, 9.17) is 22.1 Å². The third-order valence-corrected chi connectivity index (χ3v) is 3.90. The summed E-state index contributed by atoms with van der Waals surface area (Å²) in [4.78, 5) is 11.8. The van der Waals surface area contributed by atoms with Crippen molar-refractivity contribution in [2.45, 2.75) is 0 Å². The van der Waals surface area contributed by atoms with E-state index in [9.17, 15) is 4.79 Å². The Morgan fingerprint density at radius 1 is 1.25 bits per heavy atom. The average molecular weight is 356 g/mol. The molecule has 2 aromatic rings. The highest BCUT2D eigenvalue weighted by molar-refractivity contribution is 9.10. The lowest BCUT2D eigenvalue weighted by atomic mass is 10.3. The third-order valence-electron chi connectivity index (χ3n) is 2.50. The highest BCUT2D eigenvalue weighted by atomic mass is 79.9. The first-order valence-electron chi connectivity index (χ1n) is 5.79. The maximum atomic E-state index is 11.8. The van der Waals surface area contributed by atoms with Gasteiger partial charge in [-0.15, -0.1) is 0 Å². The van der Waals surface area contributed by atoms with Gasteiger partial charge < -0.3 is 15.8 Å². The van der Waals surface area contributed by atoms with E-state index in [1.54, 1.807) is 42.5 Å². The Morgan fingerprint density at radius 2 is 2.00 bits per heavy atom. The topological polar surface area (TPSA) is 64.3 Å². The molecular formula is C14H12BrClN2O2. The first-order chi connectivity index (χ1) is 9.58. The maximum Gasteiger partial charge on any atom is 0.262 e. The zero-order valence-corrected chi connectivity index (χ0v) is 12.7. The number of para-hydroxylation sites is 2. The fourth-order valence-corrected chi connectivity index (χ4v) is 2.08. The molecule has 0 spiro atoms. The minimum Gasteiger partial charge on any atom is -0.482 e. The van der Waals surface area contributed by atoms with Gasteiger partial charge in [0, 0.05) is 0 Å². The number of anilines is 2. The van der Waals surface area contributed by atoms with Gasteiger partial charge in [0.25, 0.3) is 5.91 Å². The zero-order chi connectivity index (χ0) is 14.5. The predicted octanol–water partition coefficient (Wildman–Crippen LogP) is 3.70. The summed E-state index contributed by atoms with van der Waals surface area (Å²) in [6, 6.07) is 12.2. The third kappa shape index (κ3) is 3.65. The van der Waals surface area contributed by atoms with Gasteiger partial charge in [0.15, 0.2) is 6.61 Å². The van der Waals surface area contributed by atoms with Crippen molar-refractivity contribution < 1.29 is 9.53 Å². The van der Waals surface area contributed by atoms with E-state index < -0.39 is 0 Å². The molecule has 6 heteroatoms. The zero-order valence-electron chi connectivity index (χ0n) is 10.4. The van der Waals surface area contributed by atoms with Crippen LogP contribution in [0.2, 0.25) is 5.02 Å². The van der Waals surface area contributed by atoms with Gasteiger partial charge >= 0.3 is 0 Å². The monoisotopic (exact) mass is 354 g/mol. The van der Waals surface area contributed by atoms with Crippen LogP contribution in [-0.2, 0) is 4.79 Å². The molecule has 0 fully saturated rings. The summed E-state index contributed by atoms with van der Waals surface area (Å²) >= 11 is 9.25. The minimum atomic E-state index is -0.295. The first-order valence-corrected chi connectivity index (χ1v) is 6.96. The number of benzene rings is 2. The Hall–Kier alpha value is -1.72. The molecule has 2 rings (SSSR count). The molecule has 0 bridgehead atoms. The van der Waals surface area contributed by atoms with Gasteiger partial charge in [0.1, 0.15) is 5.75 Å². The highest BCUT2D eigenvalue weighted by Crippen LogP contribution is 2.30. The van der Waals surface area contributed by atoms with Crippen LogP contribution in [0.4, 0.5) is 11.4 Å². The molecule has 3 N–H and O–H groups in total. The number of halogens is 2. The quantitative estimate of drug-likeness (QED) is 0.822. The Morgan fingerprint density at radius 3 is 2.75 bits per heavy atom. The van der Waals surface area contributed by atoms with Crippen LogP contribution in [0.1, 0.15) is 0 Å².